The normalized spacial score (nSPS) is 14.5. The predicted octanol–water partition coefficient (Wildman–Crippen LogP) is -0.535. The summed E-state index contributed by atoms with van der Waals surface area (Å²) in [6.45, 7) is 3.57. The van der Waals surface area contributed by atoms with Gasteiger partial charge in [-0.3, -0.25) is 0 Å². The Kier molecular flexibility index (Phi) is 7.08. The van der Waals surface area contributed by atoms with E-state index >= 15 is 0 Å². The SMILES string of the molecule is CNCC(C)S(=O)(=O)NCCCN(C)C. The second-order valence-electron chi connectivity index (χ2n) is 3.96. The van der Waals surface area contributed by atoms with Crippen molar-refractivity contribution in [3.05, 3.63) is 0 Å². The number of nitrogens with zero attached hydrogens (tertiary/aromatic N) is 1. The van der Waals surface area contributed by atoms with E-state index in [1.54, 1.807) is 14.0 Å². The highest BCUT2D eigenvalue weighted by Gasteiger charge is 2.18. The van der Waals surface area contributed by atoms with Crippen molar-refractivity contribution in [3.63, 3.8) is 0 Å². The van der Waals surface area contributed by atoms with Gasteiger partial charge in [0.2, 0.25) is 10.0 Å². The molecule has 0 spiro atoms. The molecule has 0 aliphatic carbocycles. The lowest BCUT2D eigenvalue weighted by atomic mass is 10.4. The van der Waals surface area contributed by atoms with Crippen LogP contribution in [0.15, 0.2) is 0 Å². The molecule has 0 rings (SSSR count). The molecular formula is C9H23N3O2S. The molecule has 92 valence electrons. The summed E-state index contributed by atoms with van der Waals surface area (Å²) < 4.78 is 25.8. The summed E-state index contributed by atoms with van der Waals surface area (Å²) in [5, 5.41) is 2.47. The Morgan fingerprint density at radius 1 is 1.33 bits per heavy atom. The molecule has 2 N–H and O–H groups in total. The van der Waals surface area contributed by atoms with Gasteiger partial charge in [-0.1, -0.05) is 0 Å². The number of sulfonamides is 1. The second-order valence-corrected chi connectivity index (χ2v) is 6.15. The van der Waals surface area contributed by atoms with Crippen LogP contribution in [0.4, 0.5) is 0 Å². The van der Waals surface area contributed by atoms with Crippen molar-refractivity contribution < 1.29 is 8.42 Å². The zero-order valence-electron chi connectivity index (χ0n) is 10.1. The summed E-state index contributed by atoms with van der Waals surface area (Å²) in [6, 6.07) is 0. The minimum atomic E-state index is -3.15. The monoisotopic (exact) mass is 237 g/mol. The number of rotatable bonds is 8. The maximum absolute atomic E-state index is 11.6. The number of hydrogen-bond acceptors (Lipinski definition) is 4. The molecule has 1 unspecified atom stereocenters. The third-order valence-electron chi connectivity index (χ3n) is 2.11. The molecule has 6 heteroatoms. The Bertz CT molecular complexity index is 252. The van der Waals surface area contributed by atoms with E-state index in [2.05, 4.69) is 10.0 Å². The molecular weight excluding hydrogens is 214 g/mol. The lowest BCUT2D eigenvalue weighted by Gasteiger charge is -2.14. The smallest absolute Gasteiger partial charge is 0.215 e. The second kappa shape index (κ2) is 7.16. The molecule has 15 heavy (non-hydrogen) atoms. The van der Waals surface area contributed by atoms with E-state index in [-0.39, 0.29) is 5.25 Å². The van der Waals surface area contributed by atoms with Gasteiger partial charge in [0.05, 0.1) is 5.25 Å². The van der Waals surface area contributed by atoms with Gasteiger partial charge in [-0.15, -0.1) is 0 Å². The molecule has 0 bridgehead atoms. The first-order chi connectivity index (χ1) is 6.90. The van der Waals surface area contributed by atoms with Gasteiger partial charge >= 0.3 is 0 Å². The van der Waals surface area contributed by atoms with Crippen LogP contribution in [0.25, 0.3) is 0 Å². The largest absolute Gasteiger partial charge is 0.318 e. The highest BCUT2D eigenvalue weighted by Crippen LogP contribution is 1.96. The van der Waals surface area contributed by atoms with Crippen LogP contribution in [0.3, 0.4) is 0 Å². The standard InChI is InChI=1S/C9H23N3O2S/c1-9(8-10-2)15(13,14)11-6-5-7-12(3)4/h9-11H,5-8H2,1-4H3. The van der Waals surface area contributed by atoms with Crippen molar-refractivity contribution >= 4 is 10.0 Å². The summed E-state index contributed by atoms with van der Waals surface area (Å²) >= 11 is 0. The fourth-order valence-electron chi connectivity index (χ4n) is 1.15. The van der Waals surface area contributed by atoms with Crippen LogP contribution in [-0.2, 0) is 10.0 Å². The molecule has 0 heterocycles. The van der Waals surface area contributed by atoms with E-state index in [0.717, 1.165) is 13.0 Å². The number of nitrogens with one attached hydrogen (secondary N) is 2. The van der Waals surface area contributed by atoms with Crippen molar-refractivity contribution in [2.45, 2.75) is 18.6 Å². The zero-order valence-corrected chi connectivity index (χ0v) is 10.9. The molecule has 5 nitrogen and oxygen atoms in total. The molecule has 0 aromatic carbocycles. The molecule has 0 saturated heterocycles. The maximum Gasteiger partial charge on any atom is 0.215 e. The summed E-state index contributed by atoms with van der Waals surface area (Å²) in [4.78, 5) is 2.03. The van der Waals surface area contributed by atoms with Crippen molar-refractivity contribution in [1.82, 2.24) is 14.9 Å². The van der Waals surface area contributed by atoms with E-state index in [1.807, 2.05) is 19.0 Å². The summed E-state index contributed by atoms with van der Waals surface area (Å²) in [7, 11) is 2.54. The average molecular weight is 237 g/mol. The molecule has 0 aliphatic heterocycles. The molecule has 1 atom stereocenters. The highest BCUT2D eigenvalue weighted by molar-refractivity contribution is 7.90. The van der Waals surface area contributed by atoms with Crippen molar-refractivity contribution in [3.8, 4) is 0 Å². The lowest BCUT2D eigenvalue weighted by molar-refractivity contribution is 0.399. The van der Waals surface area contributed by atoms with Crippen LogP contribution in [0.5, 0.6) is 0 Å². The summed E-state index contributed by atoms with van der Waals surface area (Å²) in [6.07, 6.45) is 0.832. The van der Waals surface area contributed by atoms with Crippen LogP contribution >= 0.6 is 0 Å². The fraction of sp³-hybridized carbons (Fsp3) is 1.00. The molecule has 0 aromatic rings. The third kappa shape index (κ3) is 6.83. The van der Waals surface area contributed by atoms with Gasteiger partial charge in [0.25, 0.3) is 0 Å². The quantitative estimate of drug-likeness (QED) is 0.557. The van der Waals surface area contributed by atoms with Crippen molar-refractivity contribution in [2.75, 3.05) is 40.8 Å². The van der Waals surface area contributed by atoms with Crippen LogP contribution < -0.4 is 10.0 Å². The van der Waals surface area contributed by atoms with Gasteiger partial charge in [0.15, 0.2) is 0 Å². The molecule has 0 saturated carbocycles. The Morgan fingerprint density at radius 3 is 2.40 bits per heavy atom. The first-order valence-electron chi connectivity index (χ1n) is 5.18. The molecule has 0 aliphatic rings. The van der Waals surface area contributed by atoms with Gasteiger partial charge in [0.1, 0.15) is 0 Å². The van der Waals surface area contributed by atoms with Gasteiger partial charge in [0, 0.05) is 13.1 Å². The lowest BCUT2D eigenvalue weighted by Crippen LogP contribution is -2.38. The highest BCUT2D eigenvalue weighted by atomic mass is 32.2. The van der Waals surface area contributed by atoms with Crippen LogP contribution in [0.1, 0.15) is 13.3 Å². The minimum absolute atomic E-state index is 0.387. The Labute approximate surface area is 93.3 Å². The molecule has 0 aromatic heterocycles. The van der Waals surface area contributed by atoms with E-state index in [0.29, 0.717) is 13.1 Å². The first kappa shape index (κ1) is 14.8. The van der Waals surface area contributed by atoms with Gasteiger partial charge in [-0.25, -0.2) is 13.1 Å². The zero-order chi connectivity index (χ0) is 11.9. The Hall–Kier alpha value is -0.170. The Morgan fingerprint density at radius 2 is 1.93 bits per heavy atom. The van der Waals surface area contributed by atoms with Crippen molar-refractivity contribution in [2.24, 2.45) is 0 Å². The van der Waals surface area contributed by atoms with Gasteiger partial charge < -0.3 is 10.2 Å². The molecule has 0 amide bonds. The maximum atomic E-state index is 11.6. The van der Waals surface area contributed by atoms with E-state index in [9.17, 15) is 8.42 Å². The van der Waals surface area contributed by atoms with Crippen LogP contribution in [0.2, 0.25) is 0 Å². The van der Waals surface area contributed by atoms with Crippen molar-refractivity contribution in [1.29, 1.82) is 0 Å². The van der Waals surface area contributed by atoms with Crippen LogP contribution in [-0.4, -0.2) is 59.3 Å². The van der Waals surface area contributed by atoms with E-state index in [4.69, 9.17) is 0 Å². The van der Waals surface area contributed by atoms with Gasteiger partial charge in [-0.2, -0.15) is 0 Å². The van der Waals surface area contributed by atoms with Crippen LogP contribution in [0, 0.1) is 0 Å². The number of hydrogen-bond donors (Lipinski definition) is 2. The average Bonchev–Trinajstić information content (AvgIpc) is 2.12. The topological polar surface area (TPSA) is 61.4 Å². The summed E-state index contributed by atoms with van der Waals surface area (Å²) in [5.41, 5.74) is 0. The fourth-order valence-corrected chi connectivity index (χ4v) is 2.25. The Balaban J connectivity index is 3.84. The third-order valence-corrected chi connectivity index (χ3v) is 3.94. The predicted molar refractivity (Wildman–Crippen MR) is 63.5 cm³/mol. The van der Waals surface area contributed by atoms with Gasteiger partial charge in [-0.05, 0) is 41.0 Å². The van der Waals surface area contributed by atoms with E-state index in [1.165, 1.54) is 0 Å². The minimum Gasteiger partial charge on any atom is -0.318 e. The molecule has 0 fully saturated rings. The first-order valence-corrected chi connectivity index (χ1v) is 6.72. The van der Waals surface area contributed by atoms with E-state index < -0.39 is 10.0 Å². The summed E-state index contributed by atoms with van der Waals surface area (Å²) in [5.74, 6) is 0. The molecule has 0 radical (unpaired) electrons.